The molecule has 186 valence electrons. The molecule has 35 heavy (non-hydrogen) atoms. The molecule has 0 bridgehead atoms. The molecule has 0 aromatic carbocycles. The third kappa shape index (κ3) is 6.15. The zero-order valence-corrected chi connectivity index (χ0v) is 21.0. The molecule has 1 fully saturated rings. The quantitative estimate of drug-likeness (QED) is 0.461. The van der Waals surface area contributed by atoms with Crippen molar-refractivity contribution >= 4 is 46.6 Å². The summed E-state index contributed by atoms with van der Waals surface area (Å²) in [4.78, 5) is 42.3. The van der Waals surface area contributed by atoms with Crippen molar-refractivity contribution in [3.8, 4) is 6.07 Å². The van der Waals surface area contributed by atoms with Crippen LogP contribution in [0.15, 0.2) is 23.0 Å². The molecular formula is C24H30N6O4S. The van der Waals surface area contributed by atoms with Gasteiger partial charge in [0.25, 0.3) is 11.5 Å². The van der Waals surface area contributed by atoms with E-state index in [0.717, 1.165) is 17.8 Å². The van der Waals surface area contributed by atoms with Crippen molar-refractivity contribution in [3.63, 3.8) is 0 Å². The summed E-state index contributed by atoms with van der Waals surface area (Å²) in [5.74, 6) is -0.00760. The third-order valence-electron chi connectivity index (χ3n) is 5.60. The van der Waals surface area contributed by atoms with Gasteiger partial charge in [-0.05, 0) is 38.3 Å². The number of thiazole rings is 1. The maximum atomic E-state index is 12.9. The van der Waals surface area contributed by atoms with Gasteiger partial charge in [0.1, 0.15) is 26.9 Å². The number of nitrogens with zero attached hydrogens (tertiary/aromatic N) is 3. The van der Waals surface area contributed by atoms with E-state index in [0.29, 0.717) is 24.5 Å². The molecule has 2 atom stereocenters. The highest BCUT2D eigenvalue weighted by Gasteiger charge is 2.28. The van der Waals surface area contributed by atoms with Crippen molar-refractivity contribution in [1.82, 2.24) is 14.9 Å². The van der Waals surface area contributed by atoms with Crippen LogP contribution in [-0.2, 0) is 16.1 Å². The first-order chi connectivity index (χ1) is 16.5. The number of aromatic nitrogens is 2. The second kappa shape index (κ2) is 10.8. The average Bonchev–Trinajstić information content (AvgIpc) is 3.34. The number of carbonyl (C=O) groups is 2. The molecule has 0 radical (unpaired) electrons. The summed E-state index contributed by atoms with van der Waals surface area (Å²) >= 11 is 1.02. The van der Waals surface area contributed by atoms with E-state index in [2.05, 4.69) is 20.9 Å². The topological polar surface area (TPSA) is 149 Å². The van der Waals surface area contributed by atoms with Gasteiger partial charge < -0.3 is 21.1 Å². The largest absolute Gasteiger partial charge is 0.391 e. The summed E-state index contributed by atoms with van der Waals surface area (Å²) < 4.78 is 1.90. The summed E-state index contributed by atoms with van der Waals surface area (Å²) in [5.41, 5.74) is -1.09. The van der Waals surface area contributed by atoms with Crippen molar-refractivity contribution in [3.05, 3.63) is 37.7 Å². The van der Waals surface area contributed by atoms with Gasteiger partial charge in [0.15, 0.2) is 5.57 Å². The minimum Gasteiger partial charge on any atom is -0.391 e. The van der Waals surface area contributed by atoms with E-state index in [4.69, 9.17) is 0 Å². The Labute approximate surface area is 207 Å². The minimum atomic E-state index is -0.639. The summed E-state index contributed by atoms with van der Waals surface area (Å²) in [6.07, 6.45) is 2.87. The molecule has 3 rings (SSSR count). The summed E-state index contributed by atoms with van der Waals surface area (Å²) in [7, 11) is 0. The van der Waals surface area contributed by atoms with Crippen LogP contribution in [0.3, 0.4) is 0 Å². The molecule has 11 heteroatoms. The van der Waals surface area contributed by atoms with E-state index >= 15 is 0 Å². The highest BCUT2D eigenvalue weighted by molar-refractivity contribution is 7.07. The van der Waals surface area contributed by atoms with Crippen LogP contribution in [0, 0.1) is 16.7 Å². The predicted molar refractivity (Wildman–Crippen MR) is 135 cm³/mol. The smallest absolute Gasteiger partial charge is 0.270 e. The first-order valence-corrected chi connectivity index (χ1v) is 12.2. The van der Waals surface area contributed by atoms with Crippen LogP contribution >= 0.6 is 11.3 Å². The SMILES string of the molecule is CCn1c(=O)/c(=C\Nc2cccc(NC(=O)C(C)(C)C)n2)s/c1=C(/C#N)C(=O)N[C@H]1CCC[C@@H]1O. The van der Waals surface area contributed by atoms with E-state index in [1.165, 1.54) is 10.8 Å². The molecule has 4 N–H and O–H groups in total. The van der Waals surface area contributed by atoms with Gasteiger partial charge in [-0.3, -0.25) is 19.0 Å². The van der Waals surface area contributed by atoms with Crippen LogP contribution in [0.5, 0.6) is 0 Å². The zero-order chi connectivity index (χ0) is 25.8. The molecular weight excluding hydrogens is 468 g/mol. The second-order valence-corrected chi connectivity index (χ2v) is 10.3. The third-order valence-corrected chi connectivity index (χ3v) is 6.73. The summed E-state index contributed by atoms with van der Waals surface area (Å²) in [6, 6.07) is 6.58. The molecule has 1 saturated carbocycles. The number of aliphatic hydroxyl groups is 1. The lowest BCUT2D eigenvalue weighted by Crippen LogP contribution is -2.42. The fourth-order valence-electron chi connectivity index (χ4n) is 3.57. The first kappa shape index (κ1) is 26.1. The van der Waals surface area contributed by atoms with Gasteiger partial charge in [0, 0.05) is 18.2 Å². The van der Waals surface area contributed by atoms with Gasteiger partial charge in [-0.15, -0.1) is 11.3 Å². The van der Waals surface area contributed by atoms with E-state index in [-0.39, 0.29) is 32.8 Å². The number of nitrogens with one attached hydrogen (secondary N) is 3. The number of pyridine rings is 1. The molecule has 0 unspecified atom stereocenters. The number of nitriles is 1. The van der Waals surface area contributed by atoms with Crippen LogP contribution in [-0.4, -0.2) is 38.6 Å². The van der Waals surface area contributed by atoms with E-state index in [1.54, 1.807) is 45.9 Å². The molecule has 2 heterocycles. The van der Waals surface area contributed by atoms with Crippen molar-refractivity contribution in [2.45, 2.75) is 65.6 Å². The highest BCUT2D eigenvalue weighted by atomic mass is 32.1. The average molecular weight is 499 g/mol. The van der Waals surface area contributed by atoms with Gasteiger partial charge in [0.2, 0.25) is 5.91 Å². The monoisotopic (exact) mass is 498 g/mol. The number of carbonyl (C=O) groups excluding carboxylic acids is 2. The Hall–Kier alpha value is -3.49. The Kier molecular flexibility index (Phi) is 8.09. The van der Waals surface area contributed by atoms with Gasteiger partial charge in [-0.2, -0.15) is 5.26 Å². The Bertz CT molecular complexity index is 1330. The normalized spacial score (nSPS) is 19.1. The fourth-order valence-corrected chi connectivity index (χ4v) is 4.65. The van der Waals surface area contributed by atoms with Crippen LogP contribution in [0.4, 0.5) is 11.6 Å². The molecule has 2 aromatic rings. The molecule has 0 saturated heterocycles. The Morgan fingerprint density at radius 2 is 2.03 bits per heavy atom. The first-order valence-electron chi connectivity index (χ1n) is 11.4. The van der Waals surface area contributed by atoms with Crippen LogP contribution in [0.2, 0.25) is 0 Å². The second-order valence-electron chi connectivity index (χ2n) is 9.29. The van der Waals surface area contributed by atoms with E-state index in [1.807, 2.05) is 6.07 Å². The lowest BCUT2D eigenvalue weighted by Gasteiger charge is -2.17. The van der Waals surface area contributed by atoms with Gasteiger partial charge in [0.05, 0.1) is 12.1 Å². The van der Waals surface area contributed by atoms with Crippen LogP contribution in [0.25, 0.3) is 11.8 Å². The highest BCUT2D eigenvalue weighted by Crippen LogP contribution is 2.19. The standard InChI is InChI=1S/C24H30N6O4S/c1-5-30-21(33)17(13-26-18-10-7-11-19(28-18)29-23(34)24(2,3)4)35-22(30)14(12-25)20(32)27-15-8-6-9-16(15)31/h7,10-11,13,15-16,31H,5-6,8-9H2,1-4H3,(H,27,32)(H2,26,28,29,34)/b17-13+,22-14-/t15-,16-/m0/s1. The number of rotatable bonds is 6. The maximum absolute atomic E-state index is 12.9. The van der Waals surface area contributed by atoms with Crippen LogP contribution < -0.4 is 30.7 Å². The van der Waals surface area contributed by atoms with Crippen molar-refractivity contribution in [1.29, 1.82) is 5.26 Å². The number of hydrogen-bond acceptors (Lipinski definition) is 8. The molecule has 1 aliphatic carbocycles. The molecule has 10 nitrogen and oxygen atoms in total. The zero-order valence-electron chi connectivity index (χ0n) is 20.2. The maximum Gasteiger partial charge on any atom is 0.270 e. The molecule has 1 aliphatic rings. The molecule has 0 spiro atoms. The van der Waals surface area contributed by atoms with E-state index in [9.17, 15) is 24.8 Å². The Balaban J connectivity index is 1.91. The van der Waals surface area contributed by atoms with E-state index < -0.39 is 23.5 Å². The lowest BCUT2D eigenvalue weighted by atomic mass is 9.96. The minimum absolute atomic E-state index is 0.169. The number of hydrogen-bond donors (Lipinski definition) is 4. The van der Waals surface area contributed by atoms with Gasteiger partial charge in [-0.25, -0.2) is 4.98 Å². The lowest BCUT2D eigenvalue weighted by molar-refractivity contribution is -0.123. The number of anilines is 2. The molecule has 2 amide bonds. The van der Waals surface area contributed by atoms with Gasteiger partial charge >= 0.3 is 0 Å². The summed E-state index contributed by atoms with van der Waals surface area (Å²) in [5, 5.41) is 28.1. The molecule has 2 aromatic heterocycles. The van der Waals surface area contributed by atoms with Crippen molar-refractivity contribution < 1.29 is 14.7 Å². The fraction of sp³-hybridized carbons (Fsp3) is 0.458. The van der Waals surface area contributed by atoms with Gasteiger partial charge in [-0.1, -0.05) is 26.8 Å². The summed E-state index contributed by atoms with van der Waals surface area (Å²) in [6.45, 7) is 7.43. The molecule has 0 aliphatic heterocycles. The van der Waals surface area contributed by atoms with Crippen molar-refractivity contribution in [2.75, 3.05) is 10.6 Å². The van der Waals surface area contributed by atoms with Crippen molar-refractivity contribution in [2.24, 2.45) is 5.41 Å². The predicted octanol–water partition coefficient (Wildman–Crippen LogP) is 0.863. The van der Waals surface area contributed by atoms with Crippen LogP contribution in [0.1, 0.15) is 47.0 Å². The Morgan fingerprint density at radius 1 is 1.31 bits per heavy atom. The number of aliphatic hydroxyl groups excluding tert-OH is 1. The number of amides is 2. The Morgan fingerprint density at radius 3 is 2.63 bits per heavy atom.